The van der Waals surface area contributed by atoms with E-state index < -0.39 is 0 Å². The maximum absolute atomic E-state index is 12.9. The summed E-state index contributed by atoms with van der Waals surface area (Å²) in [6, 6.07) is 12.6. The van der Waals surface area contributed by atoms with Crippen LogP contribution in [0.5, 0.6) is 5.75 Å². The highest BCUT2D eigenvalue weighted by molar-refractivity contribution is 6.09. The fourth-order valence-corrected chi connectivity index (χ4v) is 2.70. The third kappa shape index (κ3) is 3.25. The molecule has 2 aromatic heterocycles. The normalized spacial score (nSPS) is 10.6. The van der Waals surface area contributed by atoms with Gasteiger partial charge in [-0.1, -0.05) is 18.2 Å². The van der Waals surface area contributed by atoms with Gasteiger partial charge in [0.25, 0.3) is 5.91 Å². The van der Waals surface area contributed by atoms with Crippen LogP contribution >= 0.6 is 0 Å². The zero-order chi connectivity index (χ0) is 18.6. The summed E-state index contributed by atoms with van der Waals surface area (Å²) >= 11 is 0. The summed E-state index contributed by atoms with van der Waals surface area (Å²) in [7, 11) is 1.55. The first kappa shape index (κ1) is 16.5. The SMILES string of the molecule is COc1ccc(-n2cnnc2)cc1NC(=O)c1ccccc1-c1ncn[nH]1. The van der Waals surface area contributed by atoms with Gasteiger partial charge in [-0.15, -0.1) is 10.2 Å². The Labute approximate surface area is 154 Å². The molecule has 9 heteroatoms. The summed E-state index contributed by atoms with van der Waals surface area (Å²) in [6.07, 6.45) is 4.55. The number of H-pyrrole nitrogens is 1. The number of nitrogens with zero attached hydrogens (tertiary/aromatic N) is 5. The first-order valence-corrected chi connectivity index (χ1v) is 8.05. The van der Waals surface area contributed by atoms with Crippen molar-refractivity contribution in [2.24, 2.45) is 0 Å². The van der Waals surface area contributed by atoms with Crippen molar-refractivity contribution in [2.75, 3.05) is 12.4 Å². The van der Waals surface area contributed by atoms with E-state index >= 15 is 0 Å². The summed E-state index contributed by atoms with van der Waals surface area (Å²) < 4.78 is 7.11. The van der Waals surface area contributed by atoms with Crippen LogP contribution in [0.15, 0.2) is 61.4 Å². The number of carbonyl (C=O) groups excluding carboxylic acids is 1. The molecule has 0 aliphatic heterocycles. The zero-order valence-corrected chi connectivity index (χ0v) is 14.3. The molecule has 0 saturated heterocycles. The highest BCUT2D eigenvalue weighted by Crippen LogP contribution is 2.28. The number of methoxy groups -OCH3 is 1. The Balaban J connectivity index is 1.69. The number of ether oxygens (including phenoxy) is 1. The minimum Gasteiger partial charge on any atom is -0.495 e. The van der Waals surface area contributed by atoms with Gasteiger partial charge in [0.1, 0.15) is 24.7 Å². The molecule has 0 spiro atoms. The fourth-order valence-electron chi connectivity index (χ4n) is 2.70. The monoisotopic (exact) mass is 361 g/mol. The Morgan fingerprint density at radius 3 is 2.70 bits per heavy atom. The van der Waals surface area contributed by atoms with E-state index in [-0.39, 0.29) is 5.91 Å². The molecule has 4 aromatic rings. The van der Waals surface area contributed by atoms with E-state index in [1.165, 1.54) is 6.33 Å². The number of anilines is 1. The molecule has 27 heavy (non-hydrogen) atoms. The largest absolute Gasteiger partial charge is 0.495 e. The Morgan fingerprint density at radius 1 is 1.15 bits per heavy atom. The molecule has 0 fully saturated rings. The molecule has 0 unspecified atom stereocenters. The minimum absolute atomic E-state index is 0.291. The van der Waals surface area contributed by atoms with Gasteiger partial charge in [0.15, 0.2) is 5.82 Å². The molecule has 2 aromatic carbocycles. The number of carbonyl (C=O) groups is 1. The average molecular weight is 361 g/mol. The van der Waals surface area contributed by atoms with Gasteiger partial charge in [0.2, 0.25) is 0 Å². The fraction of sp³-hybridized carbons (Fsp3) is 0.0556. The van der Waals surface area contributed by atoms with Crippen molar-refractivity contribution < 1.29 is 9.53 Å². The molecule has 4 rings (SSSR count). The zero-order valence-electron chi connectivity index (χ0n) is 14.3. The molecule has 1 amide bonds. The van der Waals surface area contributed by atoms with Crippen LogP contribution in [0.1, 0.15) is 10.4 Å². The van der Waals surface area contributed by atoms with Crippen molar-refractivity contribution in [2.45, 2.75) is 0 Å². The van der Waals surface area contributed by atoms with Crippen LogP contribution < -0.4 is 10.1 Å². The number of amides is 1. The van der Waals surface area contributed by atoms with Gasteiger partial charge in [-0.2, -0.15) is 5.10 Å². The van der Waals surface area contributed by atoms with E-state index in [0.717, 1.165) is 5.69 Å². The lowest BCUT2D eigenvalue weighted by molar-refractivity contribution is 0.102. The van der Waals surface area contributed by atoms with Crippen molar-refractivity contribution in [1.82, 2.24) is 29.9 Å². The lowest BCUT2D eigenvalue weighted by atomic mass is 10.1. The van der Waals surface area contributed by atoms with E-state index in [2.05, 4.69) is 30.7 Å². The van der Waals surface area contributed by atoms with Gasteiger partial charge in [-0.3, -0.25) is 14.5 Å². The highest BCUT2D eigenvalue weighted by Gasteiger charge is 2.16. The van der Waals surface area contributed by atoms with Crippen LogP contribution in [0.4, 0.5) is 5.69 Å². The lowest BCUT2D eigenvalue weighted by Crippen LogP contribution is -2.14. The number of hydrogen-bond acceptors (Lipinski definition) is 6. The molecule has 0 aliphatic carbocycles. The average Bonchev–Trinajstić information content (AvgIpc) is 3.42. The Bertz CT molecular complexity index is 1060. The molecular weight excluding hydrogens is 346 g/mol. The van der Waals surface area contributed by atoms with Gasteiger partial charge in [-0.25, -0.2) is 4.98 Å². The molecule has 0 atom stereocenters. The highest BCUT2D eigenvalue weighted by atomic mass is 16.5. The van der Waals surface area contributed by atoms with Crippen LogP contribution in [-0.2, 0) is 0 Å². The Morgan fingerprint density at radius 2 is 1.96 bits per heavy atom. The molecule has 0 radical (unpaired) electrons. The van der Waals surface area contributed by atoms with Crippen LogP contribution in [0.25, 0.3) is 17.1 Å². The number of nitrogens with one attached hydrogen (secondary N) is 2. The van der Waals surface area contributed by atoms with Gasteiger partial charge >= 0.3 is 0 Å². The van der Waals surface area contributed by atoms with Crippen molar-refractivity contribution in [3.8, 4) is 22.8 Å². The van der Waals surface area contributed by atoms with Crippen molar-refractivity contribution in [3.63, 3.8) is 0 Å². The van der Waals surface area contributed by atoms with Crippen molar-refractivity contribution in [3.05, 3.63) is 67.0 Å². The summed E-state index contributed by atoms with van der Waals surface area (Å²) in [4.78, 5) is 17.1. The molecule has 0 saturated carbocycles. The maximum atomic E-state index is 12.9. The Hall–Kier alpha value is -4.01. The molecule has 2 heterocycles. The topological polar surface area (TPSA) is 111 Å². The van der Waals surface area contributed by atoms with Gasteiger partial charge in [-0.05, 0) is 24.3 Å². The summed E-state index contributed by atoms with van der Waals surface area (Å²) in [5.74, 6) is 0.768. The molecular formula is C18H15N7O2. The number of hydrogen-bond donors (Lipinski definition) is 2. The molecule has 2 N–H and O–H groups in total. The first-order chi connectivity index (χ1) is 13.3. The first-order valence-electron chi connectivity index (χ1n) is 8.05. The second-order valence-corrected chi connectivity index (χ2v) is 5.59. The van der Waals surface area contributed by atoms with E-state index in [1.54, 1.807) is 54.7 Å². The van der Waals surface area contributed by atoms with Crippen LogP contribution in [0.3, 0.4) is 0 Å². The third-order valence-electron chi connectivity index (χ3n) is 3.99. The number of rotatable bonds is 5. The number of aromatic nitrogens is 6. The quantitative estimate of drug-likeness (QED) is 0.564. The van der Waals surface area contributed by atoms with Crippen LogP contribution in [0.2, 0.25) is 0 Å². The van der Waals surface area contributed by atoms with Crippen LogP contribution in [-0.4, -0.2) is 43.0 Å². The molecule has 9 nitrogen and oxygen atoms in total. The smallest absolute Gasteiger partial charge is 0.256 e. The van der Waals surface area contributed by atoms with Gasteiger partial charge in [0, 0.05) is 5.56 Å². The van der Waals surface area contributed by atoms with Gasteiger partial charge < -0.3 is 10.1 Å². The number of aromatic amines is 1. The summed E-state index contributed by atoms with van der Waals surface area (Å²) in [5.41, 5.74) is 2.44. The predicted octanol–water partition coefficient (Wildman–Crippen LogP) is 2.31. The van der Waals surface area contributed by atoms with E-state index in [1.807, 2.05) is 12.1 Å². The van der Waals surface area contributed by atoms with E-state index in [4.69, 9.17) is 4.74 Å². The van der Waals surface area contributed by atoms with Crippen molar-refractivity contribution in [1.29, 1.82) is 0 Å². The van der Waals surface area contributed by atoms with Crippen LogP contribution in [0, 0.1) is 0 Å². The van der Waals surface area contributed by atoms with Gasteiger partial charge in [0.05, 0.1) is 24.0 Å². The molecule has 0 bridgehead atoms. The third-order valence-corrected chi connectivity index (χ3v) is 3.99. The molecule has 0 aliphatic rings. The number of benzene rings is 2. The van der Waals surface area contributed by atoms with E-state index in [9.17, 15) is 4.79 Å². The maximum Gasteiger partial charge on any atom is 0.256 e. The minimum atomic E-state index is -0.291. The second-order valence-electron chi connectivity index (χ2n) is 5.59. The standard InChI is InChI=1S/C18H15N7O2/c1-27-16-7-6-12(25-10-21-22-11-25)8-15(16)23-18(26)14-5-3-2-4-13(14)17-19-9-20-24-17/h2-11H,1H3,(H,23,26)(H,19,20,24). The Kier molecular flexibility index (Phi) is 4.32. The predicted molar refractivity (Wildman–Crippen MR) is 97.7 cm³/mol. The summed E-state index contributed by atoms with van der Waals surface area (Å²) in [5, 5.41) is 17.1. The lowest BCUT2D eigenvalue weighted by Gasteiger charge is -2.13. The summed E-state index contributed by atoms with van der Waals surface area (Å²) in [6.45, 7) is 0. The second kappa shape index (κ2) is 7.08. The van der Waals surface area contributed by atoms with Crippen molar-refractivity contribution >= 4 is 11.6 Å². The van der Waals surface area contributed by atoms with E-state index in [0.29, 0.717) is 28.4 Å². The molecule has 134 valence electrons.